The molecule has 0 atom stereocenters. The number of aromatic nitrogens is 1. The molecule has 86 valence electrons. The van der Waals surface area contributed by atoms with E-state index in [0.29, 0.717) is 0 Å². The number of hydrogen-bond donors (Lipinski definition) is 2. The van der Waals surface area contributed by atoms with Gasteiger partial charge in [0.2, 0.25) is 11.2 Å². The van der Waals surface area contributed by atoms with Crippen LogP contribution in [0.2, 0.25) is 0 Å². The van der Waals surface area contributed by atoms with Gasteiger partial charge in [0.05, 0.1) is 6.61 Å². The van der Waals surface area contributed by atoms with Crippen molar-refractivity contribution in [1.29, 1.82) is 5.26 Å². The molecule has 1 heterocycles. The van der Waals surface area contributed by atoms with E-state index < -0.39 is 29.8 Å². The fourth-order valence-electron chi connectivity index (χ4n) is 0.981. The Morgan fingerprint density at radius 2 is 2.19 bits per heavy atom. The molecule has 1 aromatic heterocycles. The maximum atomic E-state index is 11.9. The van der Waals surface area contributed by atoms with Crippen molar-refractivity contribution < 1.29 is 23.0 Å². The van der Waals surface area contributed by atoms with Crippen molar-refractivity contribution in [2.75, 3.05) is 0 Å². The highest BCUT2D eigenvalue weighted by atomic mass is 19.4. The molecule has 0 aliphatic carbocycles. The summed E-state index contributed by atoms with van der Waals surface area (Å²) in [6.07, 6.45) is -5.06. The van der Waals surface area contributed by atoms with Crippen molar-refractivity contribution in [3.63, 3.8) is 0 Å². The van der Waals surface area contributed by atoms with Gasteiger partial charge in [-0.25, -0.2) is 0 Å². The zero-order valence-corrected chi connectivity index (χ0v) is 7.63. The molecular formula is C8H5F3N2O3. The third kappa shape index (κ3) is 2.74. The number of aliphatic hydroxyl groups excluding tert-OH is 1. The van der Waals surface area contributed by atoms with E-state index in [1.807, 2.05) is 0 Å². The number of hydrogen-bond acceptors (Lipinski definition) is 4. The van der Waals surface area contributed by atoms with E-state index in [-0.39, 0.29) is 5.69 Å². The summed E-state index contributed by atoms with van der Waals surface area (Å²) in [7, 11) is 0. The second kappa shape index (κ2) is 4.24. The van der Waals surface area contributed by atoms with Crippen LogP contribution in [0.4, 0.5) is 13.2 Å². The van der Waals surface area contributed by atoms with E-state index in [4.69, 9.17) is 10.4 Å². The number of pyridine rings is 1. The monoisotopic (exact) mass is 234 g/mol. The zero-order chi connectivity index (χ0) is 12.3. The van der Waals surface area contributed by atoms with Gasteiger partial charge in [-0.05, 0) is 0 Å². The third-order valence-corrected chi connectivity index (χ3v) is 1.54. The van der Waals surface area contributed by atoms with E-state index in [0.717, 1.165) is 6.07 Å². The lowest BCUT2D eigenvalue weighted by Crippen LogP contribution is -2.23. The first-order valence-electron chi connectivity index (χ1n) is 3.90. The van der Waals surface area contributed by atoms with Crippen LogP contribution in [0, 0.1) is 11.3 Å². The van der Waals surface area contributed by atoms with E-state index in [1.54, 1.807) is 0 Å². The van der Waals surface area contributed by atoms with Gasteiger partial charge >= 0.3 is 6.36 Å². The zero-order valence-electron chi connectivity index (χ0n) is 7.63. The molecule has 0 aliphatic heterocycles. The Morgan fingerprint density at radius 1 is 1.56 bits per heavy atom. The number of alkyl halides is 3. The van der Waals surface area contributed by atoms with Crippen LogP contribution < -0.4 is 10.2 Å². The summed E-state index contributed by atoms with van der Waals surface area (Å²) in [5.41, 5.74) is -1.89. The number of halogens is 3. The maximum absolute atomic E-state index is 11.9. The first-order chi connectivity index (χ1) is 7.37. The lowest BCUT2D eigenvalue weighted by molar-refractivity contribution is -0.275. The predicted octanol–water partition coefficient (Wildman–Crippen LogP) is 0.637. The second-order valence-corrected chi connectivity index (χ2v) is 2.68. The molecule has 0 fully saturated rings. The number of nitrogens with one attached hydrogen (secondary N) is 1. The fourth-order valence-corrected chi connectivity index (χ4v) is 0.981. The minimum atomic E-state index is -5.06. The fraction of sp³-hybridized carbons (Fsp3) is 0.250. The molecule has 0 saturated carbocycles. The van der Waals surface area contributed by atoms with Gasteiger partial charge in [-0.3, -0.25) is 4.79 Å². The first kappa shape index (κ1) is 12.1. The van der Waals surface area contributed by atoms with Crippen LogP contribution in [0.5, 0.6) is 5.75 Å². The number of nitrogens with zero attached hydrogens (tertiary/aromatic N) is 1. The molecule has 0 radical (unpaired) electrons. The first-order valence-corrected chi connectivity index (χ1v) is 3.90. The third-order valence-electron chi connectivity index (χ3n) is 1.54. The van der Waals surface area contributed by atoms with Crippen molar-refractivity contribution in [3.05, 3.63) is 27.7 Å². The molecule has 0 spiro atoms. The van der Waals surface area contributed by atoms with Gasteiger partial charge in [0.1, 0.15) is 6.07 Å². The molecule has 1 aromatic rings. The Labute approximate surface area is 86.7 Å². The summed E-state index contributed by atoms with van der Waals surface area (Å²) in [6, 6.07) is 2.07. The van der Waals surface area contributed by atoms with Crippen LogP contribution in [0.3, 0.4) is 0 Å². The largest absolute Gasteiger partial charge is 0.573 e. The Kier molecular flexibility index (Phi) is 3.20. The average Bonchev–Trinajstić information content (AvgIpc) is 2.19. The van der Waals surface area contributed by atoms with Gasteiger partial charge in [0.15, 0.2) is 5.69 Å². The van der Waals surface area contributed by atoms with Crippen LogP contribution in [0.25, 0.3) is 0 Å². The number of nitriles is 1. The van der Waals surface area contributed by atoms with E-state index in [2.05, 4.69) is 9.72 Å². The number of rotatable bonds is 2. The summed E-state index contributed by atoms with van der Waals surface area (Å²) in [5, 5.41) is 17.2. The molecule has 5 nitrogen and oxygen atoms in total. The van der Waals surface area contributed by atoms with Crippen LogP contribution in [0.15, 0.2) is 10.9 Å². The molecule has 0 saturated heterocycles. The Balaban J connectivity index is 3.29. The van der Waals surface area contributed by atoms with Crippen molar-refractivity contribution in [2.45, 2.75) is 13.0 Å². The van der Waals surface area contributed by atoms with Crippen molar-refractivity contribution in [3.8, 4) is 11.8 Å². The van der Waals surface area contributed by atoms with Crippen molar-refractivity contribution in [1.82, 2.24) is 4.98 Å². The van der Waals surface area contributed by atoms with Gasteiger partial charge in [0, 0.05) is 11.8 Å². The number of ether oxygens (including phenoxy) is 1. The van der Waals surface area contributed by atoms with Crippen LogP contribution in [0.1, 0.15) is 11.4 Å². The number of aliphatic hydroxyl groups is 1. The lowest BCUT2D eigenvalue weighted by Gasteiger charge is -2.09. The highest BCUT2D eigenvalue weighted by Gasteiger charge is 2.33. The molecule has 0 unspecified atom stereocenters. The quantitative estimate of drug-likeness (QED) is 0.786. The van der Waals surface area contributed by atoms with E-state index in [1.165, 1.54) is 6.07 Å². The summed E-state index contributed by atoms with van der Waals surface area (Å²) in [5.74, 6) is -1.13. The standard InChI is InChI=1S/C8H5F3N2O3/c9-8(10,11)16-7-5(2-12)13-4(3-14)1-6(7)15/h1,14H,3H2,(H,13,15). The lowest BCUT2D eigenvalue weighted by atomic mass is 10.3. The minimum absolute atomic E-state index is 0.0731. The van der Waals surface area contributed by atoms with E-state index in [9.17, 15) is 18.0 Å². The molecule has 0 amide bonds. The Bertz CT molecular complexity index is 487. The smallest absolute Gasteiger partial charge is 0.399 e. The van der Waals surface area contributed by atoms with Gasteiger partial charge in [-0.15, -0.1) is 13.2 Å². The molecule has 1 rings (SSSR count). The highest BCUT2D eigenvalue weighted by molar-refractivity contribution is 5.38. The molecule has 0 aliphatic rings. The summed E-state index contributed by atoms with van der Waals surface area (Å²) >= 11 is 0. The highest BCUT2D eigenvalue weighted by Crippen LogP contribution is 2.21. The van der Waals surface area contributed by atoms with Gasteiger partial charge < -0.3 is 14.8 Å². The van der Waals surface area contributed by atoms with Gasteiger partial charge in [-0.2, -0.15) is 5.26 Å². The van der Waals surface area contributed by atoms with Crippen LogP contribution in [-0.2, 0) is 6.61 Å². The SMILES string of the molecule is N#Cc1[nH]c(CO)cc(=O)c1OC(F)(F)F. The van der Waals surface area contributed by atoms with Crippen LogP contribution in [-0.4, -0.2) is 16.5 Å². The van der Waals surface area contributed by atoms with E-state index >= 15 is 0 Å². The average molecular weight is 234 g/mol. The molecular weight excluding hydrogens is 229 g/mol. The molecule has 16 heavy (non-hydrogen) atoms. The summed E-state index contributed by atoms with van der Waals surface area (Å²) in [4.78, 5) is 13.3. The van der Waals surface area contributed by atoms with Crippen LogP contribution >= 0.6 is 0 Å². The number of aromatic amines is 1. The molecule has 8 heteroatoms. The minimum Gasteiger partial charge on any atom is -0.399 e. The van der Waals surface area contributed by atoms with Crippen molar-refractivity contribution in [2.24, 2.45) is 0 Å². The van der Waals surface area contributed by atoms with Gasteiger partial charge in [0.25, 0.3) is 0 Å². The molecule has 0 aromatic carbocycles. The molecule has 0 bridgehead atoms. The number of H-pyrrole nitrogens is 1. The molecule has 2 N–H and O–H groups in total. The van der Waals surface area contributed by atoms with Crippen molar-refractivity contribution >= 4 is 0 Å². The topological polar surface area (TPSA) is 86.1 Å². The Morgan fingerprint density at radius 3 is 2.62 bits per heavy atom. The summed E-state index contributed by atoms with van der Waals surface area (Å²) in [6.45, 7) is -0.601. The van der Waals surface area contributed by atoms with Gasteiger partial charge in [-0.1, -0.05) is 0 Å². The predicted molar refractivity (Wildman–Crippen MR) is 44.4 cm³/mol. The second-order valence-electron chi connectivity index (χ2n) is 2.68. The summed E-state index contributed by atoms with van der Waals surface area (Å²) < 4.78 is 39.1. The normalized spacial score (nSPS) is 10.9. The maximum Gasteiger partial charge on any atom is 0.573 e. The Hall–Kier alpha value is -2.01.